The number of nitrogens with zero attached hydrogens (tertiary/aromatic N) is 1. The van der Waals surface area contributed by atoms with Crippen molar-refractivity contribution < 1.29 is 23.8 Å². The Morgan fingerprint density at radius 3 is 2.24 bits per heavy atom. The van der Waals surface area contributed by atoms with Gasteiger partial charge in [0.25, 0.3) is 5.91 Å². The zero-order chi connectivity index (χ0) is 24.7. The second kappa shape index (κ2) is 11.7. The molecule has 0 radical (unpaired) electrons. The third-order valence-electron chi connectivity index (χ3n) is 5.05. The lowest BCUT2D eigenvalue weighted by Crippen LogP contribution is -2.28. The topological polar surface area (TPSA) is 86.8 Å². The summed E-state index contributed by atoms with van der Waals surface area (Å²) in [6.45, 7) is 2.02. The number of carbonyl (C=O) groups is 2. The van der Waals surface area contributed by atoms with E-state index in [1.165, 1.54) is 26.6 Å². The highest BCUT2D eigenvalue weighted by molar-refractivity contribution is 6.36. The molecule has 3 aromatic rings. The van der Waals surface area contributed by atoms with Gasteiger partial charge < -0.3 is 19.5 Å². The minimum absolute atomic E-state index is 0.0916. The second-order valence-corrected chi connectivity index (χ2v) is 8.22. The molecule has 0 bridgehead atoms. The monoisotopic (exact) mass is 502 g/mol. The number of aryl methyl sites for hydroxylation is 1. The number of benzene rings is 2. The highest BCUT2D eigenvalue weighted by Gasteiger charge is 2.23. The van der Waals surface area contributed by atoms with Crippen LogP contribution in [-0.2, 0) is 17.8 Å². The van der Waals surface area contributed by atoms with E-state index in [1.54, 1.807) is 12.1 Å². The van der Waals surface area contributed by atoms with E-state index in [2.05, 4.69) is 10.3 Å². The van der Waals surface area contributed by atoms with E-state index in [1.807, 2.05) is 31.2 Å². The predicted octanol–water partition coefficient (Wildman–Crippen LogP) is 4.83. The van der Waals surface area contributed by atoms with Crippen LogP contribution in [0.5, 0.6) is 17.2 Å². The Kier molecular flexibility index (Phi) is 8.73. The molecule has 2 aromatic carbocycles. The number of Topliss-reactive ketones (excluding diaryl/α,β-unsaturated/α-hetero) is 1. The number of amides is 1. The molecule has 0 aliphatic heterocycles. The van der Waals surface area contributed by atoms with Crippen molar-refractivity contribution in [2.75, 3.05) is 20.8 Å². The number of ether oxygens (including phenoxy) is 3. The van der Waals surface area contributed by atoms with Gasteiger partial charge in [-0.15, -0.1) is 0 Å². The van der Waals surface area contributed by atoms with Gasteiger partial charge >= 0.3 is 0 Å². The molecule has 9 heteroatoms. The number of hydrogen-bond donors (Lipinski definition) is 1. The van der Waals surface area contributed by atoms with Crippen LogP contribution in [0, 0.1) is 6.92 Å². The maximum absolute atomic E-state index is 13.2. The Bertz CT molecular complexity index is 1160. The standard InChI is InChI=1S/C25H24Cl2N2O5/c1-15-4-6-16(7-5-15)11-29-23(31)14-34-24-17(8-9-22(32-2)25(24)33-3)21(30)10-18-19(26)12-28-13-20(18)27/h4-9,12-13H,10-11,14H2,1-3H3,(H,29,31). The summed E-state index contributed by atoms with van der Waals surface area (Å²) in [7, 11) is 2.89. The van der Waals surface area contributed by atoms with E-state index >= 15 is 0 Å². The van der Waals surface area contributed by atoms with Crippen LogP contribution in [0.25, 0.3) is 0 Å². The van der Waals surface area contributed by atoms with Gasteiger partial charge in [0.1, 0.15) is 0 Å². The first-order valence-corrected chi connectivity index (χ1v) is 11.1. The molecular formula is C25H24Cl2N2O5. The summed E-state index contributed by atoms with van der Waals surface area (Å²) >= 11 is 12.4. The molecule has 1 N–H and O–H groups in total. The molecule has 1 aromatic heterocycles. The van der Waals surface area contributed by atoms with E-state index in [0.717, 1.165) is 11.1 Å². The van der Waals surface area contributed by atoms with Crippen molar-refractivity contribution in [3.8, 4) is 17.2 Å². The Morgan fingerprint density at radius 1 is 0.941 bits per heavy atom. The summed E-state index contributed by atoms with van der Waals surface area (Å²) in [5.74, 6) is -0.0329. The first-order valence-electron chi connectivity index (χ1n) is 10.3. The fourth-order valence-corrected chi connectivity index (χ4v) is 3.72. The van der Waals surface area contributed by atoms with Crippen LogP contribution in [0.1, 0.15) is 27.0 Å². The first kappa shape index (κ1) is 25.3. The Balaban J connectivity index is 1.79. The minimum atomic E-state index is -0.357. The van der Waals surface area contributed by atoms with Crippen LogP contribution >= 0.6 is 23.2 Å². The van der Waals surface area contributed by atoms with Crippen LogP contribution in [-0.4, -0.2) is 37.5 Å². The molecule has 34 heavy (non-hydrogen) atoms. The van der Waals surface area contributed by atoms with Crippen molar-refractivity contribution in [1.29, 1.82) is 0 Å². The number of aromatic nitrogens is 1. The molecule has 0 atom stereocenters. The van der Waals surface area contributed by atoms with Crippen molar-refractivity contribution in [3.63, 3.8) is 0 Å². The van der Waals surface area contributed by atoms with Gasteiger partial charge in [-0.2, -0.15) is 0 Å². The molecule has 1 amide bonds. The molecule has 1 heterocycles. The summed E-state index contributed by atoms with van der Waals surface area (Å²) in [5, 5.41) is 3.35. The first-order chi connectivity index (χ1) is 16.3. The highest BCUT2D eigenvalue weighted by Crippen LogP contribution is 2.40. The van der Waals surface area contributed by atoms with Crippen molar-refractivity contribution in [2.24, 2.45) is 0 Å². The van der Waals surface area contributed by atoms with Crippen molar-refractivity contribution >= 4 is 34.9 Å². The average molecular weight is 503 g/mol. The summed E-state index contributed by atoms with van der Waals surface area (Å²) in [4.78, 5) is 29.5. The fraction of sp³-hybridized carbons (Fsp3) is 0.240. The maximum Gasteiger partial charge on any atom is 0.258 e. The average Bonchev–Trinajstić information content (AvgIpc) is 2.83. The SMILES string of the molecule is COc1ccc(C(=O)Cc2c(Cl)cncc2Cl)c(OCC(=O)NCc2ccc(C)cc2)c1OC. The number of ketones is 1. The molecule has 7 nitrogen and oxygen atoms in total. The number of halogens is 2. The molecule has 0 fully saturated rings. The zero-order valence-electron chi connectivity index (χ0n) is 19.0. The lowest BCUT2D eigenvalue weighted by Gasteiger charge is -2.17. The van der Waals surface area contributed by atoms with Crippen LogP contribution in [0.3, 0.4) is 0 Å². The molecule has 178 valence electrons. The molecule has 0 saturated carbocycles. The van der Waals surface area contributed by atoms with Crippen LogP contribution < -0.4 is 19.5 Å². The third-order valence-corrected chi connectivity index (χ3v) is 5.70. The fourth-order valence-electron chi connectivity index (χ4n) is 3.22. The van der Waals surface area contributed by atoms with Gasteiger partial charge in [0, 0.05) is 30.9 Å². The number of carbonyl (C=O) groups excluding carboxylic acids is 2. The molecular weight excluding hydrogens is 479 g/mol. The van der Waals surface area contributed by atoms with Crippen LogP contribution in [0.4, 0.5) is 0 Å². The number of rotatable bonds is 10. The van der Waals surface area contributed by atoms with E-state index in [0.29, 0.717) is 17.9 Å². The van der Waals surface area contributed by atoms with Gasteiger partial charge in [0.15, 0.2) is 23.9 Å². The summed E-state index contributed by atoms with van der Waals surface area (Å²) in [6.07, 6.45) is 2.74. The highest BCUT2D eigenvalue weighted by atomic mass is 35.5. The van der Waals surface area contributed by atoms with E-state index in [9.17, 15) is 9.59 Å². The van der Waals surface area contributed by atoms with E-state index in [4.69, 9.17) is 37.4 Å². The molecule has 0 spiro atoms. The lowest BCUT2D eigenvalue weighted by atomic mass is 10.0. The Labute approximate surface area is 208 Å². The van der Waals surface area contributed by atoms with Gasteiger partial charge in [-0.1, -0.05) is 53.0 Å². The molecule has 0 aliphatic rings. The van der Waals surface area contributed by atoms with Gasteiger partial charge in [-0.05, 0) is 24.6 Å². The van der Waals surface area contributed by atoms with E-state index < -0.39 is 0 Å². The Morgan fingerprint density at radius 2 is 1.62 bits per heavy atom. The number of nitrogens with one attached hydrogen (secondary N) is 1. The number of hydrogen-bond acceptors (Lipinski definition) is 6. The van der Waals surface area contributed by atoms with Gasteiger partial charge in [0.05, 0.1) is 29.8 Å². The third kappa shape index (κ3) is 6.18. The summed E-state index contributed by atoms with van der Waals surface area (Å²) < 4.78 is 16.5. The van der Waals surface area contributed by atoms with Gasteiger partial charge in [0.2, 0.25) is 5.75 Å². The molecule has 0 saturated heterocycles. The zero-order valence-corrected chi connectivity index (χ0v) is 20.5. The van der Waals surface area contributed by atoms with Gasteiger partial charge in [-0.3, -0.25) is 14.6 Å². The lowest BCUT2D eigenvalue weighted by molar-refractivity contribution is -0.123. The van der Waals surface area contributed by atoms with Crippen molar-refractivity contribution in [2.45, 2.75) is 19.9 Å². The molecule has 0 unspecified atom stereocenters. The largest absolute Gasteiger partial charge is 0.493 e. The van der Waals surface area contributed by atoms with Crippen LogP contribution in [0.2, 0.25) is 10.0 Å². The van der Waals surface area contributed by atoms with Crippen LogP contribution in [0.15, 0.2) is 48.8 Å². The van der Waals surface area contributed by atoms with Crippen molar-refractivity contribution in [1.82, 2.24) is 10.3 Å². The van der Waals surface area contributed by atoms with E-state index in [-0.39, 0.29) is 51.8 Å². The summed E-state index contributed by atoms with van der Waals surface area (Å²) in [5.41, 5.74) is 2.74. The Hall–Kier alpha value is -3.29. The van der Waals surface area contributed by atoms with Crippen molar-refractivity contribution in [3.05, 3.63) is 81.1 Å². The number of pyridine rings is 1. The molecule has 3 rings (SSSR count). The smallest absolute Gasteiger partial charge is 0.258 e. The second-order valence-electron chi connectivity index (χ2n) is 7.41. The predicted molar refractivity (Wildman–Crippen MR) is 130 cm³/mol. The number of methoxy groups -OCH3 is 2. The summed E-state index contributed by atoms with van der Waals surface area (Å²) in [6, 6.07) is 11.0. The quantitative estimate of drug-likeness (QED) is 0.399. The van der Waals surface area contributed by atoms with Gasteiger partial charge in [-0.25, -0.2) is 0 Å². The maximum atomic E-state index is 13.2. The minimum Gasteiger partial charge on any atom is -0.493 e. The normalized spacial score (nSPS) is 10.5. The molecule has 0 aliphatic carbocycles.